The summed E-state index contributed by atoms with van der Waals surface area (Å²) in [6.07, 6.45) is 0.871. The SMILES string of the molecule is CC1(C)CN(S(=O)(=O)CCS(C)(=O)=O)CCC1O. The highest BCUT2D eigenvalue weighted by Crippen LogP contribution is 2.30. The molecule has 1 unspecified atom stereocenters. The molecule has 0 aromatic rings. The number of sulfone groups is 1. The largest absolute Gasteiger partial charge is 0.392 e. The molecule has 1 aliphatic heterocycles. The van der Waals surface area contributed by atoms with Gasteiger partial charge in [0.05, 0.1) is 17.6 Å². The second-order valence-electron chi connectivity index (χ2n) is 5.57. The Bertz CT molecular complexity index is 494. The Morgan fingerprint density at radius 2 is 1.78 bits per heavy atom. The van der Waals surface area contributed by atoms with Crippen LogP contribution in [0.15, 0.2) is 0 Å². The molecule has 1 fully saturated rings. The maximum atomic E-state index is 12.0. The van der Waals surface area contributed by atoms with Gasteiger partial charge in [-0.25, -0.2) is 21.1 Å². The first-order chi connectivity index (χ1) is 7.94. The van der Waals surface area contributed by atoms with Gasteiger partial charge < -0.3 is 5.11 Å². The Balaban J connectivity index is 2.75. The molecule has 1 aliphatic rings. The van der Waals surface area contributed by atoms with Gasteiger partial charge in [0, 0.05) is 24.8 Å². The first-order valence-electron chi connectivity index (χ1n) is 5.78. The molecule has 0 spiro atoms. The Labute approximate surface area is 109 Å². The third-order valence-corrected chi connectivity index (χ3v) is 6.27. The molecule has 1 saturated heterocycles. The summed E-state index contributed by atoms with van der Waals surface area (Å²) in [6, 6.07) is 0. The van der Waals surface area contributed by atoms with Crippen molar-refractivity contribution < 1.29 is 21.9 Å². The van der Waals surface area contributed by atoms with Crippen LogP contribution in [0.3, 0.4) is 0 Å². The first-order valence-corrected chi connectivity index (χ1v) is 9.45. The molecule has 0 radical (unpaired) electrons. The number of aliphatic hydroxyl groups excluding tert-OH is 1. The maximum Gasteiger partial charge on any atom is 0.215 e. The smallest absolute Gasteiger partial charge is 0.215 e. The monoisotopic (exact) mass is 299 g/mol. The number of nitrogens with zero attached hydrogens (tertiary/aromatic N) is 1. The molecule has 6 nitrogen and oxygen atoms in total. The molecule has 0 aliphatic carbocycles. The Hall–Kier alpha value is -0.180. The van der Waals surface area contributed by atoms with Crippen molar-refractivity contribution >= 4 is 19.9 Å². The van der Waals surface area contributed by atoms with E-state index < -0.39 is 37.1 Å². The molecule has 0 aromatic heterocycles. The normalized spacial score (nSPS) is 26.1. The van der Waals surface area contributed by atoms with E-state index in [-0.39, 0.29) is 18.8 Å². The summed E-state index contributed by atoms with van der Waals surface area (Å²) >= 11 is 0. The van der Waals surface area contributed by atoms with Gasteiger partial charge in [-0.1, -0.05) is 13.8 Å². The molecule has 0 saturated carbocycles. The van der Waals surface area contributed by atoms with Crippen LogP contribution in [-0.2, 0) is 19.9 Å². The molecule has 0 bridgehead atoms. The van der Waals surface area contributed by atoms with Gasteiger partial charge in [-0.05, 0) is 6.42 Å². The van der Waals surface area contributed by atoms with Crippen molar-refractivity contribution in [1.82, 2.24) is 4.31 Å². The van der Waals surface area contributed by atoms with Crippen LogP contribution in [-0.4, -0.2) is 63.2 Å². The van der Waals surface area contributed by atoms with E-state index >= 15 is 0 Å². The lowest BCUT2D eigenvalue weighted by Gasteiger charge is -2.40. The van der Waals surface area contributed by atoms with Crippen LogP contribution < -0.4 is 0 Å². The van der Waals surface area contributed by atoms with Crippen molar-refractivity contribution in [2.24, 2.45) is 5.41 Å². The number of aliphatic hydroxyl groups is 1. The lowest BCUT2D eigenvalue weighted by Crippen LogP contribution is -2.51. The van der Waals surface area contributed by atoms with Crippen molar-refractivity contribution in [3.63, 3.8) is 0 Å². The standard InChI is InChI=1S/C10H21NO5S2/c1-10(2)8-11(5-4-9(10)12)18(15,16)7-6-17(3,13)14/h9,12H,4-8H2,1-3H3. The molecular weight excluding hydrogens is 278 g/mol. The quantitative estimate of drug-likeness (QED) is 0.752. The first kappa shape index (κ1) is 15.9. The van der Waals surface area contributed by atoms with Gasteiger partial charge in [-0.3, -0.25) is 0 Å². The summed E-state index contributed by atoms with van der Waals surface area (Å²) in [6.45, 7) is 4.07. The van der Waals surface area contributed by atoms with E-state index in [4.69, 9.17) is 0 Å². The van der Waals surface area contributed by atoms with Crippen LogP contribution in [0.2, 0.25) is 0 Å². The lowest BCUT2D eigenvalue weighted by molar-refractivity contribution is -0.000264. The number of rotatable bonds is 4. The molecule has 8 heteroatoms. The summed E-state index contributed by atoms with van der Waals surface area (Å²) in [5.74, 6) is -0.757. The molecule has 1 N–H and O–H groups in total. The van der Waals surface area contributed by atoms with Crippen molar-refractivity contribution in [2.45, 2.75) is 26.4 Å². The maximum absolute atomic E-state index is 12.0. The summed E-state index contributed by atoms with van der Waals surface area (Å²) < 4.78 is 47.3. The Morgan fingerprint density at radius 3 is 2.22 bits per heavy atom. The van der Waals surface area contributed by atoms with Gasteiger partial charge in [0.2, 0.25) is 10.0 Å². The van der Waals surface area contributed by atoms with E-state index in [1.165, 1.54) is 4.31 Å². The Morgan fingerprint density at radius 1 is 1.22 bits per heavy atom. The topological polar surface area (TPSA) is 91.8 Å². The highest BCUT2D eigenvalue weighted by Gasteiger charge is 2.39. The number of hydrogen-bond acceptors (Lipinski definition) is 5. The van der Waals surface area contributed by atoms with E-state index in [9.17, 15) is 21.9 Å². The number of sulfonamides is 1. The zero-order chi connectivity index (χ0) is 14.2. The summed E-state index contributed by atoms with van der Waals surface area (Å²) in [5.41, 5.74) is -0.504. The van der Waals surface area contributed by atoms with Gasteiger partial charge in [0.25, 0.3) is 0 Å². The Kier molecular flexibility index (Phi) is 4.47. The zero-order valence-corrected chi connectivity index (χ0v) is 12.6. The third kappa shape index (κ3) is 4.18. The van der Waals surface area contributed by atoms with E-state index in [0.717, 1.165) is 6.26 Å². The van der Waals surface area contributed by atoms with Crippen LogP contribution in [0.4, 0.5) is 0 Å². The lowest BCUT2D eigenvalue weighted by atomic mass is 9.82. The van der Waals surface area contributed by atoms with Crippen LogP contribution >= 0.6 is 0 Å². The average molecular weight is 299 g/mol. The van der Waals surface area contributed by atoms with Gasteiger partial charge >= 0.3 is 0 Å². The van der Waals surface area contributed by atoms with Crippen molar-refractivity contribution in [3.8, 4) is 0 Å². The second kappa shape index (κ2) is 5.07. The number of hydrogen-bond donors (Lipinski definition) is 1. The van der Waals surface area contributed by atoms with E-state index in [0.29, 0.717) is 6.42 Å². The summed E-state index contributed by atoms with van der Waals surface area (Å²) in [7, 11) is -6.86. The molecular formula is C10H21NO5S2. The second-order valence-corrected chi connectivity index (χ2v) is 9.92. The van der Waals surface area contributed by atoms with Crippen LogP contribution in [0.25, 0.3) is 0 Å². The fourth-order valence-corrected chi connectivity index (χ4v) is 5.14. The molecule has 0 aromatic carbocycles. The molecule has 18 heavy (non-hydrogen) atoms. The van der Waals surface area contributed by atoms with E-state index in [1.54, 1.807) is 13.8 Å². The minimum atomic E-state index is -3.57. The van der Waals surface area contributed by atoms with E-state index in [2.05, 4.69) is 0 Å². The van der Waals surface area contributed by atoms with Gasteiger partial charge in [0.15, 0.2) is 0 Å². The summed E-state index contributed by atoms with van der Waals surface area (Å²) in [4.78, 5) is 0. The van der Waals surface area contributed by atoms with Gasteiger partial charge in [0.1, 0.15) is 9.84 Å². The van der Waals surface area contributed by atoms with Crippen molar-refractivity contribution in [2.75, 3.05) is 30.9 Å². The number of piperidine rings is 1. The molecule has 1 heterocycles. The predicted octanol–water partition coefficient (Wildman–Crippen LogP) is -0.546. The van der Waals surface area contributed by atoms with Gasteiger partial charge in [-0.15, -0.1) is 0 Å². The molecule has 108 valence electrons. The van der Waals surface area contributed by atoms with Crippen molar-refractivity contribution in [1.29, 1.82) is 0 Å². The molecule has 1 rings (SSSR count). The minimum absolute atomic E-state index is 0.222. The van der Waals surface area contributed by atoms with E-state index in [1.807, 2.05) is 0 Å². The fraction of sp³-hybridized carbons (Fsp3) is 1.00. The summed E-state index contributed by atoms with van der Waals surface area (Å²) in [5, 5.41) is 9.76. The molecule has 1 atom stereocenters. The highest BCUT2D eigenvalue weighted by molar-refractivity contribution is 7.93. The van der Waals surface area contributed by atoms with Crippen LogP contribution in [0.5, 0.6) is 0 Å². The molecule has 0 amide bonds. The average Bonchev–Trinajstić information content (AvgIpc) is 2.18. The highest BCUT2D eigenvalue weighted by atomic mass is 32.2. The minimum Gasteiger partial charge on any atom is -0.392 e. The zero-order valence-electron chi connectivity index (χ0n) is 11.0. The third-order valence-electron chi connectivity index (χ3n) is 3.24. The van der Waals surface area contributed by atoms with Crippen LogP contribution in [0, 0.1) is 5.41 Å². The fourth-order valence-electron chi connectivity index (χ4n) is 1.92. The van der Waals surface area contributed by atoms with Gasteiger partial charge in [-0.2, -0.15) is 0 Å². The van der Waals surface area contributed by atoms with Crippen molar-refractivity contribution in [3.05, 3.63) is 0 Å². The van der Waals surface area contributed by atoms with Crippen LogP contribution in [0.1, 0.15) is 20.3 Å². The predicted molar refractivity (Wildman–Crippen MR) is 69.5 cm³/mol.